The van der Waals surface area contributed by atoms with E-state index in [9.17, 15) is 0 Å². The summed E-state index contributed by atoms with van der Waals surface area (Å²) >= 11 is 5.16. The van der Waals surface area contributed by atoms with Gasteiger partial charge in [0.1, 0.15) is 11.4 Å². The van der Waals surface area contributed by atoms with Crippen LogP contribution in [0.2, 0.25) is 0 Å². The standard InChI is InChI=1S/C13H18O2S/c1-13(2,3)15-12(16)9-6-10-4-7-11(14)8-5-10/h4-5,7-8,14H,6,9H2,1-3H3. The van der Waals surface area contributed by atoms with Gasteiger partial charge in [0.2, 0.25) is 0 Å². The number of benzene rings is 1. The molecule has 0 radical (unpaired) electrons. The number of aryl methyl sites for hydroxylation is 1. The average molecular weight is 238 g/mol. The molecule has 0 heterocycles. The van der Waals surface area contributed by atoms with Gasteiger partial charge in [0.15, 0.2) is 5.05 Å². The fraction of sp³-hybridized carbons (Fsp3) is 0.462. The van der Waals surface area contributed by atoms with E-state index in [1.54, 1.807) is 12.1 Å². The van der Waals surface area contributed by atoms with Crippen LogP contribution in [0, 0.1) is 0 Å². The van der Waals surface area contributed by atoms with E-state index in [0.29, 0.717) is 5.05 Å². The molecule has 0 fully saturated rings. The lowest BCUT2D eigenvalue weighted by molar-refractivity contribution is 0.117. The van der Waals surface area contributed by atoms with E-state index in [-0.39, 0.29) is 11.4 Å². The number of ether oxygens (including phenoxy) is 1. The molecular weight excluding hydrogens is 220 g/mol. The van der Waals surface area contributed by atoms with E-state index in [2.05, 4.69) is 0 Å². The third-order valence-electron chi connectivity index (χ3n) is 1.97. The van der Waals surface area contributed by atoms with Crippen LogP contribution in [0.5, 0.6) is 5.75 Å². The highest BCUT2D eigenvalue weighted by Gasteiger charge is 2.13. The second kappa shape index (κ2) is 5.30. The van der Waals surface area contributed by atoms with Gasteiger partial charge >= 0.3 is 0 Å². The predicted octanol–water partition coefficient (Wildman–Crippen LogP) is 3.47. The number of thiocarbonyl (C=S) groups is 1. The van der Waals surface area contributed by atoms with Crippen LogP contribution in [0.15, 0.2) is 24.3 Å². The van der Waals surface area contributed by atoms with Gasteiger partial charge < -0.3 is 9.84 Å². The molecule has 0 amide bonds. The summed E-state index contributed by atoms with van der Waals surface area (Å²) in [5.41, 5.74) is 0.934. The molecule has 1 aromatic rings. The van der Waals surface area contributed by atoms with Crippen molar-refractivity contribution in [1.82, 2.24) is 0 Å². The minimum atomic E-state index is -0.216. The normalized spacial score (nSPS) is 11.2. The number of hydrogen-bond donors (Lipinski definition) is 1. The Kier molecular flexibility index (Phi) is 4.30. The number of phenolic OH excluding ortho intramolecular Hbond substituents is 1. The maximum atomic E-state index is 9.14. The second-order valence-corrected chi connectivity index (χ2v) is 5.21. The summed E-state index contributed by atoms with van der Waals surface area (Å²) in [6, 6.07) is 7.16. The number of rotatable bonds is 3. The summed E-state index contributed by atoms with van der Waals surface area (Å²) in [6.45, 7) is 5.96. The quantitative estimate of drug-likeness (QED) is 0.818. The zero-order chi connectivity index (χ0) is 12.2. The van der Waals surface area contributed by atoms with E-state index in [1.807, 2.05) is 32.9 Å². The van der Waals surface area contributed by atoms with Gasteiger partial charge in [-0.2, -0.15) is 0 Å². The first kappa shape index (κ1) is 13.0. The monoisotopic (exact) mass is 238 g/mol. The summed E-state index contributed by atoms with van der Waals surface area (Å²) < 4.78 is 5.57. The molecule has 0 saturated carbocycles. The third kappa shape index (κ3) is 5.12. The lowest BCUT2D eigenvalue weighted by atomic mass is 10.1. The molecule has 1 aromatic carbocycles. The highest BCUT2D eigenvalue weighted by Crippen LogP contribution is 2.14. The fourth-order valence-corrected chi connectivity index (χ4v) is 1.65. The van der Waals surface area contributed by atoms with Crippen molar-refractivity contribution in [2.75, 3.05) is 0 Å². The lowest BCUT2D eigenvalue weighted by Crippen LogP contribution is -2.22. The lowest BCUT2D eigenvalue weighted by Gasteiger charge is -2.21. The molecule has 3 heteroatoms. The molecule has 0 atom stereocenters. The van der Waals surface area contributed by atoms with Gasteiger partial charge in [0, 0.05) is 6.42 Å². The summed E-state index contributed by atoms with van der Waals surface area (Å²) in [4.78, 5) is 0. The second-order valence-electron chi connectivity index (χ2n) is 4.75. The van der Waals surface area contributed by atoms with Gasteiger partial charge in [-0.1, -0.05) is 12.1 Å². The Morgan fingerprint density at radius 3 is 2.31 bits per heavy atom. The van der Waals surface area contributed by atoms with Crippen LogP contribution in [0.4, 0.5) is 0 Å². The summed E-state index contributed by atoms with van der Waals surface area (Å²) in [5.74, 6) is 0.289. The zero-order valence-electron chi connectivity index (χ0n) is 9.99. The third-order valence-corrected chi connectivity index (χ3v) is 2.26. The van der Waals surface area contributed by atoms with Crippen LogP contribution in [-0.2, 0) is 11.2 Å². The minimum Gasteiger partial charge on any atom is -0.508 e. The Labute approximate surface area is 102 Å². The average Bonchev–Trinajstić information content (AvgIpc) is 2.14. The Hall–Kier alpha value is -1.09. The van der Waals surface area contributed by atoms with Gasteiger partial charge in [-0.15, -0.1) is 0 Å². The van der Waals surface area contributed by atoms with Gasteiger partial charge in [0.05, 0.1) is 0 Å². The number of aromatic hydroxyl groups is 1. The molecular formula is C13H18O2S. The minimum absolute atomic E-state index is 0.216. The Balaban J connectivity index is 2.40. The predicted molar refractivity (Wildman–Crippen MR) is 69.9 cm³/mol. The van der Waals surface area contributed by atoms with Crippen molar-refractivity contribution in [3.63, 3.8) is 0 Å². The first-order chi connectivity index (χ1) is 7.37. The highest BCUT2D eigenvalue weighted by atomic mass is 32.1. The van der Waals surface area contributed by atoms with Crippen molar-refractivity contribution in [3.8, 4) is 5.75 Å². The van der Waals surface area contributed by atoms with Crippen molar-refractivity contribution in [2.45, 2.75) is 39.2 Å². The molecule has 1 N–H and O–H groups in total. The molecule has 0 spiro atoms. The Morgan fingerprint density at radius 2 is 1.81 bits per heavy atom. The smallest absolute Gasteiger partial charge is 0.160 e. The van der Waals surface area contributed by atoms with E-state index in [0.717, 1.165) is 18.4 Å². The van der Waals surface area contributed by atoms with Crippen LogP contribution in [-0.4, -0.2) is 15.8 Å². The molecule has 0 aliphatic carbocycles. The van der Waals surface area contributed by atoms with E-state index < -0.39 is 0 Å². The molecule has 0 bridgehead atoms. The fourth-order valence-electron chi connectivity index (χ4n) is 1.30. The van der Waals surface area contributed by atoms with Gasteiger partial charge in [-0.3, -0.25) is 0 Å². The first-order valence-electron chi connectivity index (χ1n) is 5.36. The molecule has 88 valence electrons. The van der Waals surface area contributed by atoms with Gasteiger partial charge in [-0.25, -0.2) is 0 Å². The summed E-state index contributed by atoms with van der Waals surface area (Å²) in [6.07, 6.45) is 1.58. The Bertz CT molecular complexity index is 349. The topological polar surface area (TPSA) is 29.5 Å². The molecule has 1 rings (SSSR count). The molecule has 0 aliphatic rings. The van der Waals surface area contributed by atoms with Crippen LogP contribution in [0.3, 0.4) is 0 Å². The van der Waals surface area contributed by atoms with Crippen LogP contribution < -0.4 is 0 Å². The molecule has 2 nitrogen and oxygen atoms in total. The number of phenols is 1. The summed E-state index contributed by atoms with van der Waals surface area (Å²) in [7, 11) is 0. The maximum absolute atomic E-state index is 9.14. The highest BCUT2D eigenvalue weighted by molar-refractivity contribution is 7.80. The van der Waals surface area contributed by atoms with Gasteiger partial charge in [-0.05, 0) is 57.1 Å². The molecule has 0 saturated heterocycles. The first-order valence-corrected chi connectivity index (χ1v) is 5.77. The van der Waals surface area contributed by atoms with E-state index >= 15 is 0 Å². The summed E-state index contributed by atoms with van der Waals surface area (Å²) in [5, 5.41) is 9.78. The SMILES string of the molecule is CC(C)(C)OC(=S)CCc1ccc(O)cc1. The van der Waals surface area contributed by atoms with Crippen molar-refractivity contribution < 1.29 is 9.84 Å². The zero-order valence-corrected chi connectivity index (χ0v) is 10.8. The van der Waals surface area contributed by atoms with Crippen molar-refractivity contribution >= 4 is 17.3 Å². The molecule has 0 unspecified atom stereocenters. The van der Waals surface area contributed by atoms with Crippen molar-refractivity contribution in [2.24, 2.45) is 0 Å². The van der Waals surface area contributed by atoms with Crippen molar-refractivity contribution in [1.29, 1.82) is 0 Å². The van der Waals surface area contributed by atoms with Gasteiger partial charge in [0.25, 0.3) is 0 Å². The van der Waals surface area contributed by atoms with E-state index in [4.69, 9.17) is 22.1 Å². The van der Waals surface area contributed by atoms with E-state index in [1.165, 1.54) is 0 Å². The van der Waals surface area contributed by atoms with Crippen molar-refractivity contribution in [3.05, 3.63) is 29.8 Å². The maximum Gasteiger partial charge on any atom is 0.160 e. The Morgan fingerprint density at radius 1 is 1.25 bits per heavy atom. The van der Waals surface area contributed by atoms with Crippen LogP contribution in [0.1, 0.15) is 32.8 Å². The van der Waals surface area contributed by atoms with Crippen LogP contribution >= 0.6 is 12.2 Å². The molecule has 0 aliphatic heterocycles. The number of hydrogen-bond acceptors (Lipinski definition) is 3. The molecule has 0 aromatic heterocycles. The van der Waals surface area contributed by atoms with Crippen LogP contribution in [0.25, 0.3) is 0 Å². The molecule has 16 heavy (non-hydrogen) atoms. The largest absolute Gasteiger partial charge is 0.508 e.